The van der Waals surface area contributed by atoms with Crippen molar-refractivity contribution in [3.63, 3.8) is 0 Å². The van der Waals surface area contributed by atoms with Crippen molar-refractivity contribution < 1.29 is 9.53 Å². The number of aryl methyl sites for hydroxylation is 1. The van der Waals surface area contributed by atoms with E-state index >= 15 is 0 Å². The molecule has 0 saturated carbocycles. The fourth-order valence-electron chi connectivity index (χ4n) is 1.07. The Balaban J connectivity index is 0. The minimum Gasteiger partial charge on any atom is -0.462 e. The Bertz CT molecular complexity index is 378. The van der Waals surface area contributed by atoms with Gasteiger partial charge in [-0.25, -0.2) is 4.79 Å². The monoisotopic (exact) mass is 244 g/mol. The second-order valence-electron chi connectivity index (χ2n) is 2.68. The molecule has 0 unspecified atom stereocenters. The van der Waals surface area contributed by atoms with Gasteiger partial charge in [-0.1, -0.05) is 27.7 Å². The molecule has 1 aromatic heterocycles. The van der Waals surface area contributed by atoms with Gasteiger partial charge in [0, 0.05) is 7.05 Å². The average Bonchev–Trinajstić information content (AvgIpc) is 2.59. The van der Waals surface area contributed by atoms with E-state index in [1.54, 1.807) is 20.9 Å². The first-order chi connectivity index (χ1) is 8.07. The number of aromatic nitrogens is 2. The van der Waals surface area contributed by atoms with Crippen LogP contribution in [0.15, 0.2) is 4.79 Å². The quantitative estimate of drug-likeness (QED) is 0.811. The summed E-state index contributed by atoms with van der Waals surface area (Å²) in [5, 5.41) is 2.48. The van der Waals surface area contributed by atoms with Crippen LogP contribution in [0.5, 0.6) is 0 Å². The minimum absolute atomic E-state index is 0.0874. The van der Waals surface area contributed by atoms with Gasteiger partial charge in [0.15, 0.2) is 0 Å². The summed E-state index contributed by atoms with van der Waals surface area (Å²) in [7, 11) is 1.67. The van der Waals surface area contributed by atoms with E-state index in [9.17, 15) is 9.59 Å². The molecule has 0 amide bonds. The lowest BCUT2D eigenvalue weighted by atomic mass is 10.2. The maximum absolute atomic E-state index is 11.2. The normalized spacial score (nSPS) is 8.41. The number of nitrogens with zero attached hydrogens (tertiary/aromatic N) is 1. The van der Waals surface area contributed by atoms with E-state index in [0.717, 1.165) is 0 Å². The first-order valence-corrected chi connectivity index (χ1v) is 6.00. The summed E-state index contributed by atoms with van der Waals surface area (Å²) in [6.45, 7) is 11.7. The van der Waals surface area contributed by atoms with E-state index in [4.69, 9.17) is 4.74 Å². The Morgan fingerprint density at radius 3 is 2.06 bits per heavy atom. The lowest BCUT2D eigenvalue weighted by molar-refractivity contribution is 0.0524. The molecule has 1 heterocycles. The third-order valence-electron chi connectivity index (χ3n) is 1.84. The van der Waals surface area contributed by atoms with E-state index in [1.807, 2.05) is 27.7 Å². The molecule has 0 bridgehead atoms. The van der Waals surface area contributed by atoms with Gasteiger partial charge in [0.25, 0.3) is 5.56 Å². The zero-order valence-electron chi connectivity index (χ0n) is 11.9. The van der Waals surface area contributed by atoms with Crippen molar-refractivity contribution in [3.05, 3.63) is 21.6 Å². The number of rotatable bonds is 2. The molecule has 1 aromatic rings. The molecule has 0 atom stereocenters. The van der Waals surface area contributed by atoms with E-state index < -0.39 is 11.5 Å². The highest BCUT2D eigenvalue weighted by Crippen LogP contribution is 2.01. The van der Waals surface area contributed by atoms with Crippen molar-refractivity contribution in [2.75, 3.05) is 6.61 Å². The molecule has 5 heteroatoms. The molecular formula is C12H24N2O3. The Morgan fingerprint density at radius 1 is 1.29 bits per heavy atom. The number of carbonyl (C=O) groups is 1. The van der Waals surface area contributed by atoms with Crippen LogP contribution in [0.1, 0.15) is 50.7 Å². The van der Waals surface area contributed by atoms with Crippen LogP contribution in [0.2, 0.25) is 0 Å². The van der Waals surface area contributed by atoms with Crippen LogP contribution < -0.4 is 5.56 Å². The number of H-pyrrole nitrogens is 1. The number of carbonyl (C=O) groups excluding carboxylic acids is 1. The summed E-state index contributed by atoms with van der Waals surface area (Å²) < 4.78 is 6.23. The van der Waals surface area contributed by atoms with Gasteiger partial charge in [-0.05, 0) is 13.8 Å². The van der Waals surface area contributed by atoms with Crippen LogP contribution >= 0.6 is 0 Å². The van der Waals surface area contributed by atoms with Gasteiger partial charge in [-0.15, -0.1) is 0 Å². The standard InChI is InChI=1S/C8H12N2O3.2C2H6/c1-4-13-8(12)6-5(2)10(3)9-7(6)11;2*1-2/h4H2,1-3H3,(H,9,11);2*1-2H3. The molecule has 0 aliphatic heterocycles. The highest BCUT2D eigenvalue weighted by Gasteiger charge is 2.17. The molecule has 5 nitrogen and oxygen atoms in total. The summed E-state index contributed by atoms with van der Waals surface area (Å²) in [4.78, 5) is 22.4. The van der Waals surface area contributed by atoms with Crippen LogP contribution in [0.3, 0.4) is 0 Å². The SMILES string of the molecule is CC.CC.CCOC(=O)c1c(C)n(C)[nH]c1=O. The summed E-state index contributed by atoms with van der Waals surface area (Å²) in [6.07, 6.45) is 0. The Hall–Kier alpha value is -1.52. The van der Waals surface area contributed by atoms with Crippen molar-refractivity contribution in [3.8, 4) is 0 Å². The number of ether oxygens (including phenoxy) is 1. The van der Waals surface area contributed by atoms with Crippen molar-refractivity contribution in [1.29, 1.82) is 0 Å². The first-order valence-electron chi connectivity index (χ1n) is 6.00. The highest BCUT2D eigenvalue weighted by molar-refractivity contribution is 5.90. The van der Waals surface area contributed by atoms with Crippen molar-refractivity contribution in [1.82, 2.24) is 9.78 Å². The minimum atomic E-state index is -0.568. The third kappa shape index (κ3) is 4.89. The van der Waals surface area contributed by atoms with Gasteiger partial charge in [-0.2, -0.15) is 0 Å². The first kappa shape index (κ1) is 17.9. The second-order valence-corrected chi connectivity index (χ2v) is 2.68. The van der Waals surface area contributed by atoms with Gasteiger partial charge >= 0.3 is 5.97 Å². The molecule has 1 N–H and O–H groups in total. The topological polar surface area (TPSA) is 64.1 Å². The predicted molar refractivity (Wildman–Crippen MR) is 69.4 cm³/mol. The molecule has 1 rings (SSSR count). The van der Waals surface area contributed by atoms with Gasteiger partial charge in [0.05, 0.1) is 12.3 Å². The average molecular weight is 244 g/mol. The molecule has 0 fully saturated rings. The molecular weight excluding hydrogens is 220 g/mol. The van der Waals surface area contributed by atoms with Crippen LogP contribution in [0.25, 0.3) is 0 Å². The van der Waals surface area contributed by atoms with E-state index in [1.165, 1.54) is 4.68 Å². The van der Waals surface area contributed by atoms with Crippen LogP contribution in [0.4, 0.5) is 0 Å². The van der Waals surface area contributed by atoms with Gasteiger partial charge in [0.2, 0.25) is 0 Å². The van der Waals surface area contributed by atoms with Crippen LogP contribution in [0, 0.1) is 6.92 Å². The van der Waals surface area contributed by atoms with Gasteiger partial charge < -0.3 is 4.74 Å². The smallest absolute Gasteiger partial charge is 0.345 e. The van der Waals surface area contributed by atoms with E-state index in [-0.39, 0.29) is 12.2 Å². The summed E-state index contributed by atoms with van der Waals surface area (Å²) in [6, 6.07) is 0. The van der Waals surface area contributed by atoms with Crippen molar-refractivity contribution in [2.45, 2.75) is 41.5 Å². The Kier molecular flexibility index (Phi) is 10.2. The third-order valence-corrected chi connectivity index (χ3v) is 1.84. The predicted octanol–water partition coefficient (Wildman–Crippen LogP) is 2.25. The van der Waals surface area contributed by atoms with Gasteiger partial charge in [0.1, 0.15) is 5.56 Å². The number of esters is 1. The maximum atomic E-state index is 11.2. The molecule has 17 heavy (non-hydrogen) atoms. The molecule has 0 radical (unpaired) electrons. The summed E-state index contributed by atoms with van der Waals surface area (Å²) in [5.41, 5.74) is 0.270. The summed E-state index contributed by atoms with van der Waals surface area (Å²) >= 11 is 0. The van der Waals surface area contributed by atoms with Crippen LogP contribution in [-0.4, -0.2) is 22.4 Å². The molecule has 100 valence electrons. The fraction of sp³-hybridized carbons (Fsp3) is 0.667. The lowest BCUT2D eigenvalue weighted by Crippen LogP contribution is -2.15. The number of aromatic amines is 1. The number of hydrogen-bond donors (Lipinski definition) is 1. The fourth-order valence-corrected chi connectivity index (χ4v) is 1.07. The number of hydrogen-bond acceptors (Lipinski definition) is 3. The largest absolute Gasteiger partial charge is 0.462 e. The van der Waals surface area contributed by atoms with Crippen molar-refractivity contribution in [2.24, 2.45) is 7.05 Å². The van der Waals surface area contributed by atoms with E-state index in [2.05, 4.69) is 5.10 Å². The van der Waals surface area contributed by atoms with Crippen molar-refractivity contribution >= 4 is 5.97 Å². The highest BCUT2D eigenvalue weighted by atomic mass is 16.5. The molecule has 0 aromatic carbocycles. The zero-order valence-corrected chi connectivity index (χ0v) is 11.9. The summed E-state index contributed by atoms with van der Waals surface area (Å²) in [5.74, 6) is -0.568. The van der Waals surface area contributed by atoms with E-state index in [0.29, 0.717) is 5.69 Å². The maximum Gasteiger partial charge on any atom is 0.345 e. The zero-order chi connectivity index (χ0) is 14.0. The molecule has 0 aliphatic carbocycles. The second kappa shape index (κ2) is 9.69. The lowest BCUT2D eigenvalue weighted by Gasteiger charge is -1.99. The molecule has 0 saturated heterocycles. The Morgan fingerprint density at radius 2 is 1.76 bits per heavy atom. The molecule has 0 aliphatic rings. The number of nitrogens with one attached hydrogen (secondary N) is 1. The van der Waals surface area contributed by atoms with Crippen LogP contribution in [-0.2, 0) is 11.8 Å². The van der Waals surface area contributed by atoms with Gasteiger partial charge in [-0.3, -0.25) is 14.6 Å². The molecule has 0 spiro atoms. The Labute approximate surface area is 103 Å².